The standard InChI is InChI=1S/C14H23FN2O3S/c1-4-11(5-2)17(6-7-18)21(19,20)14-9-13(16)10(3)8-12(14)15/h8-9,11,18H,4-7,16H2,1-3H3. The van der Waals surface area contributed by atoms with Crippen LogP contribution in [0.1, 0.15) is 32.3 Å². The average Bonchev–Trinajstić information content (AvgIpc) is 2.43. The van der Waals surface area contributed by atoms with E-state index >= 15 is 0 Å². The Morgan fingerprint density at radius 2 is 1.90 bits per heavy atom. The summed E-state index contributed by atoms with van der Waals surface area (Å²) in [5.41, 5.74) is 6.42. The molecule has 0 bridgehead atoms. The minimum Gasteiger partial charge on any atom is -0.398 e. The number of aryl methyl sites for hydroxylation is 1. The van der Waals surface area contributed by atoms with E-state index in [1.54, 1.807) is 6.92 Å². The number of nitrogens with zero attached hydrogens (tertiary/aromatic N) is 1. The van der Waals surface area contributed by atoms with E-state index < -0.39 is 20.7 Å². The number of aliphatic hydroxyl groups excluding tert-OH is 1. The molecule has 120 valence electrons. The van der Waals surface area contributed by atoms with E-state index in [0.29, 0.717) is 18.4 Å². The molecule has 0 heterocycles. The lowest BCUT2D eigenvalue weighted by atomic mass is 10.2. The lowest BCUT2D eigenvalue weighted by Gasteiger charge is -2.29. The van der Waals surface area contributed by atoms with E-state index in [2.05, 4.69) is 0 Å². The highest BCUT2D eigenvalue weighted by molar-refractivity contribution is 7.89. The number of hydrogen-bond donors (Lipinski definition) is 2. The molecule has 5 nitrogen and oxygen atoms in total. The predicted molar refractivity (Wildman–Crippen MR) is 80.9 cm³/mol. The summed E-state index contributed by atoms with van der Waals surface area (Å²) in [5, 5.41) is 9.13. The number of anilines is 1. The highest BCUT2D eigenvalue weighted by Gasteiger charge is 2.31. The molecule has 21 heavy (non-hydrogen) atoms. The Balaban J connectivity index is 3.38. The largest absolute Gasteiger partial charge is 0.398 e. The van der Waals surface area contributed by atoms with Crippen molar-refractivity contribution in [3.05, 3.63) is 23.5 Å². The van der Waals surface area contributed by atoms with Crippen LogP contribution in [0.4, 0.5) is 10.1 Å². The van der Waals surface area contributed by atoms with Crippen molar-refractivity contribution in [1.82, 2.24) is 4.31 Å². The highest BCUT2D eigenvalue weighted by atomic mass is 32.2. The van der Waals surface area contributed by atoms with Crippen LogP contribution in [-0.4, -0.2) is 37.0 Å². The van der Waals surface area contributed by atoms with Gasteiger partial charge in [0.1, 0.15) is 10.7 Å². The molecule has 1 rings (SSSR count). The van der Waals surface area contributed by atoms with Crippen molar-refractivity contribution in [1.29, 1.82) is 0 Å². The van der Waals surface area contributed by atoms with Gasteiger partial charge in [0.25, 0.3) is 0 Å². The molecule has 0 spiro atoms. The zero-order chi connectivity index (χ0) is 16.2. The second kappa shape index (κ2) is 7.20. The van der Waals surface area contributed by atoms with E-state index in [1.165, 1.54) is 0 Å². The molecule has 7 heteroatoms. The van der Waals surface area contributed by atoms with Gasteiger partial charge in [0.2, 0.25) is 10.0 Å². The van der Waals surface area contributed by atoms with Gasteiger partial charge in [-0.1, -0.05) is 13.8 Å². The zero-order valence-electron chi connectivity index (χ0n) is 12.6. The second-order valence-electron chi connectivity index (χ2n) is 4.95. The first kappa shape index (κ1) is 17.9. The molecule has 0 saturated heterocycles. The summed E-state index contributed by atoms with van der Waals surface area (Å²) >= 11 is 0. The van der Waals surface area contributed by atoms with Gasteiger partial charge in [-0.05, 0) is 37.5 Å². The molecular formula is C14H23FN2O3S. The fraction of sp³-hybridized carbons (Fsp3) is 0.571. The molecule has 0 fully saturated rings. The van der Waals surface area contributed by atoms with Gasteiger partial charge in [-0.3, -0.25) is 0 Å². The van der Waals surface area contributed by atoms with E-state index in [9.17, 15) is 12.8 Å². The van der Waals surface area contributed by atoms with Crippen molar-refractivity contribution in [2.45, 2.75) is 44.6 Å². The summed E-state index contributed by atoms with van der Waals surface area (Å²) < 4.78 is 40.6. The van der Waals surface area contributed by atoms with Crippen molar-refractivity contribution in [3.63, 3.8) is 0 Å². The van der Waals surface area contributed by atoms with Gasteiger partial charge in [0, 0.05) is 18.3 Å². The SMILES string of the molecule is CCC(CC)N(CCO)S(=O)(=O)c1cc(N)c(C)cc1F. The summed E-state index contributed by atoms with van der Waals surface area (Å²) in [4.78, 5) is -0.439. The molecule has 0 aliphatic heterocycles. The predicted octanol–water partition coefficient (Wildman–Crippen LogP) is 1.89. The van der Waals surface area contributed by atoms with Gasteiger partial charge >= 0.3 is 0 Å². The summed E-state index contributed by atoms with van der Waals surface area (Å²) in [6.07, 6.45) is 1.16. The second-order valence-corrected chi connectivity index (χ2v) is 6.81. The van der Waals surface area contributed by atoms with Crippen LogP contribution in [0.5, 0.6) is 0 Å². The average molecular weight is 318 g/mol. The van der Waals surface area contributed by atoms with Crippen LogP contribution < -0.4 is 5.73 Å². The fourth-order valence-electron chi connectivity index (χ4n) is 2.29. The molecule has 0 unspecified atom stereocenters. The van der Waals surface area contributed by atoms with E-state index in [-0.39, 0.29) is 24.9 Å². The minimum atomic E-state index is -4.04. The maximum Gasteiger partial charge on any atom is 0.246 e. The quantitative estimate of drug-likeness (QED) is 0.752. The van der Waals surface area contributed by atoms with Crippen LogP contribution >= 0.6 is 0 Å². The van der Waals surface area contributed by atoms with Crippen molar-refractivity contribution in [2.24, 2.45) is 0 Å². The lowest BCUT2D eigenvalue weighted by molar-refractivity contribution is 0.219. The third-order valence-corrected chi connectivity index (χ3v) is 5.54. The fourth-order valence-corrected chi connectivity index (χ4v) is 4.13. The number of benzene rings is 1. The lowest BCUT2D eigenvalue weighted by Crippen LogP contribution is -2.41. The number of halogens is 1. The Kier molecular flexibility index (Phi) is 6.12. The molecule has 3 N–H and O–H groups in total. The van der Waals surface area contributed by atoms with E-state index in [1.807, 2.05) is 13.8 Å². The van der Waals surface area contributed by atoms with Crippen molar-refractivity contribution < 1.29 is 17.9 Å². The number of rotatable bonds is 7. The molecule has 0 aromatic heterocycles. The first-order valence-corrected chi connectivity index (χ1v) is 8.41. The highest BCUT2D eigenvalue weighted by Crippen LogP contribution is 2.26. The number of nitrogen functional groups attached to an aromatic ring is 1. The number of hydrogen-bond acceptors (Lipinski definition) is 4. The molecule has 0 atom stereocenters. The van der Waals surface area contributed by atoms with Gasteiger partial charge in [0.15, 0.2) is 0 Å². The molecular weight excluding hydrogens is 295 g/mol. The topological polar surface area (TPSA) is 83.6 Å². The monoisotopic (exact) mass is 318 g/mol. The molecule has 0 aliphatic rings. The summed E-state index contributed by atoms with van der Waals surface area (Å²) in [5.74, 6) is -0.824. The summed E-state index contributed by atoms with van der Waals surface area (Å²) in [6, 6.07) is 1.98. The number of nitrogens with two attached hydrogens (primary N) is 1. The van der Waals surface area contributed by atoms with E-state index in [4.69, 9.17) is 10.8 Å². The van der Waals surface area contributed by atoms with Gasteiger partial charge in [-0.25, -0.2) is 12.8 Å². The van der Waals surface area contributed by atoms with Gasteiger partial charge in [-0.15, -0.1) is 0 Å². The van der Waals surface area contributed by atoms with Gasteiger partial charge in [-0.2, -0.15) is 4.31 Å². The zero-order valence-corrected chi connectivity index (χ0v) is 13.5. The minimum absolute atomic E-state index is 0.0676. The maximum absolute atomic E-state index is 14.1. The summed E-state index contributed by atoms with van der Waals surface area (Å²) in [6.45, 7) is 4.93. The van der Waals surface area contributed by atoms with Gasteiger partial charge < -0.3 is 10.8 Å². The Morgan fingerprint density at radius 1 is 1.33 bits per heavy atom. The Labute approximate surface area is 125 Å². The van der Waals surface area contributed by atoms with Crippen LogP contribution in [-0.2, 0) is 10.0 Å². The van der Waals surface area contributed by atoms with E-state index in [0.717, 1.165) is 16.4 Å². The van der Waals surface area contributed by atoms with Crippen molar-refractivity contribution in [2.75, 3.05) is 18.9 Å². The van der Waals surface area contributed by atoms with Crippen LogP contribution in [0, 0.1) is 12.7 Å². The Bertz CT molecular complexity index is 586. The molecule has 1 aromatic rings. The first-order valence-electron chi connectivity index (χ1n) is 6.97. The third kappa shape index (κ3) is 3.72. The van der Waals surface area contributed by atoms with Crippen LogP contribution in [0.25, 0.3) is 0 Å². The van der Waals surface area contributed by atoms with Crippen molar-refractivity contribution in [3.8, 4) is 0 Å². The smallest absolute Gasteiger partial charge is 0.246 e. The molecule has 0 amide bonds. The molecule has 1 aromatic carbocycles. The van der Waals surface area contributed by atoms with Crippen molar-refractivity contribution >= 4 is 15.7 Å². The molecule has 0 aliphatic carbocycles. The Morgan fingerprint density at radius 3 is 2.38 bits per heavy atom. The number of aliphatic hydroxyl groups is 1. The van der Waals surface area contributed by atoms with Crippen LogP contribution in [0.2, 0.25) is 0 Å². The first-order chi connectivity index (χ1) is 9.79. The molecule has 0 saturated carbocycles. The van der Waals surface area contributed by atoms with Gasteiger partial charge in [0.05, 0.1) is 6.61 Å². The summed E-state index contributed by atoms with van der Waals surface area (Å²) in [7, 11) is -4.04. The maximum atomic E-state index is 14.1. The normalized spacial score (nSPS) is 12.3. The Hall–Kier alpha value is -1.18. The number of sulfonamides is 1. The third-order valence-electron chi connectivity index (χ3n) is 3.58. The molecule has 0 radical (unpaired) electrons. The van der Waals surface area contributed by atoms with Crippen LogP contribution in [0.3, 0.4) is 0 Å². The van der Waals surface area contributed by atoms with Crippen LogP contribution in [0.15, 0.2) is 17.0 Å².